The van der Waals surface area contributed by atoms with Crippen molar-refractivity contribution < 1.29 is 13.2 Å². The van der Waals surface area contributed by atoms with E-state index < -0.39 is 17.4 Å². The molecule has 0 aliphatic heterocycles. The molecule has 8 heteroatoms. The number of benzene rings is 3. The molecule has 0 saturated heterocycles. The van der Waals surface area contributed by atoms with Gasteiger partial charge in [-0.3, -0.25) is 14.1 Å². The van der Waals surface area contributed by atoms with E-state index in [9.17, 15) is 18.0 Å². The van der Waals surface area contributed by atoms with Gasteiger partial charge in [0.2, 0.25) is 0 Å². The molecule has 0 radical (unpaired) electrons. The summed E-state index contributed by atoms with van der Waals surface area (Å²) in [4.78, 5) is 17.5. The standard InChI is InChI=1S/C24H17F3N4O/c1-30-21-13-29-20-10-7-15(14-5-8-17(28)9-6-14)11-19(20)22(21)31(23(30)32)18-4-2-3-16(12-18)24(25,26)27/h2-13H,28H2,1H3. The van der Waals surface area contributed by atoms with Crippen molar-refractivity contribution in [1.82, 2.24) is 14.1 Å². The Morgan fingerprint density at radius 2 is 1.66 bits per heavy atom. The molecule has 5 rings (SSSR count). The van der Waals surface area contributed by atoms with Crippen LogP contribution in [0.4, 0.5) is 18.9 Å². The zero-order chi connectivity index (χ0) is 22.6. The Balaban J connectivity index is 1.84. The summed E-state index contributed by atoms with van der Waals surface area (Å²) >= 11 is 0. The van der Waals surface area contributed by atoms with Crippen LogP contribution in [-0.2, 0) is 13.2 Å². The van der Waals surface area contributed by atoms with Crippen LogP contribution in [0.5, 0.6) is 0 Å². The molecule has 32 heavy (non-hydrogen) atoms. The second-order valence-electron chi connectivity index (χ2n) is 7.57. The molecule has 0 fully saturated rings. The van der Waals surface area contributed by atoms with Crippen molar-refractivity contribution in [1.29, 1.82) is 0 Å². The van der Waals surface area contributed by atoms with Gasteiger partial charge in [-0.1, -0.05) is 24.3 Å². The minimum Gasteiger partial charge on any atom is -0.399 e. The molecular weight excluding hydrogens is 417 g/mol. The molecule has 5 aromatic rings. The van der Waals surface area contributed by atoms with Crippen LogP contribution in [0.3, 0.4) is 0 Å². The lowest BCUT2D eigenvalue weighted by Gasteiger charge is -2.11. The third kappa shape index (κ3) is 3.11. The van der Waals surface area contributed by atoms with E-state index >= 15 is 0 Å². The van der Waals surface area contributed by atoms with E-state index in [1.807, 2.05) is 30.3 Å². The van der Waals surface area contributed by atoms with E-state index in [1.54, 1.807) is 25.4 Å². The first-order valence-electron chi connectivity index (χ1n) is 9.78. The van der Waals surface area contributed by atoms with Crippen molar-refractivity contribution in [3.05, 3.63) is 89.0 Å². The Bertz CT molecular complexity index is 1550. The molecule has 2 aromatic heterocycles. The fraction of sp³-hybridized carbons (Fsp3) is 0.0833. The van der Waals surface area contributed by atoms with Gasteiger partial charge in [0.1, 0.15) is 0 Å². The highest BCUT2D eigenvalue weighted by atomic mass is 19.4. The highest BCUT2D eigenvalue weighted by molar-refractivity contribution is 6.04. The van der Waals surface area contributed by atoms with E-state index in [2.05, 4.69) is 4.98 Å². The SMILES string of the molecule is Cn1c(=O)n(-c2cccc(C(F)(F)F)c2)c2c3cc(-c4ccc(N)cc4)ccc3ncc21. The zero-order valence-electron chi connectivity index (χ0n) is 16.9. The molecule has 5 nitrogen and oxygen atoms in total. The van der Waals surface area contributed by atoms with Crippen molar-refractivity contribution in [2.75, 3.05) is 5.73 Å². The van der Waals surface area contributed by atoms with Crippen LogP contribution in [0, 0.1) is 0 Å². The number of aryl methyl sites for hydroxylation is 1. The summed E-state index contributed by atoms with van der Waals surface area (Å²) in [5, 5.41) is 0.659. The number of pyridine rings is 1. The minimum absolute atomic E-state index is 0.140. The third-order valence-electron chi connectivity index (χ3n) is 5.56. The Morgan fingerprint density at radius 3 is 2.38 bits per heavy atom. The van der Waals surface area contributed by atoms with Gasteiger partial charge in [0.15, 0.2) is 0 Å². The fourth-order valence-corrected chi connectivity index (χ4v) is 3.91. The number of imidazole rings is 1. The van der Waals surface area contributed by atoms with Crippen LogP contribution in [-0.4, -0.2) is 14.1 Å². The molecule has 0 bridgehead atoms. The molecule has 0 amide bonds. The van der Waals surface area contributed by atoms with Gasteiger partial charge < -0.3 is 5.73 Å². The highest BCUT2D eigenvalue weighted by Crippen LogP contribution is 2.33. The zero-order valence-corrected chi connectivity index (χ0v) is 16.9. The number of anilines is 1. The lowest BCUT2D eigenvalue weighted by atomic mass is 10.0. The van der Waals surface area contributed by atoms with Gasteiger partial charge in [-0.15, -0.1) is 0 Å². The molecule has 0 unspecified atom stereocenters. The lowest BCUT2D eigenvalue weighted by Crippen LogP contribution is -2.21. The predicted octanol–water partition coefficient (Wildman–Crippen LogP) is 5.15. The Labute approximate surface area is 180 Å². The molecule has 0 aliphatic rings. The van der Waals surface area contributed by atoms with Crippen LogP contribution in [0.15, 0.2) is 77.7 Å². The Morgan fingerprint density at radius 1 is 0.938 bits per heavy atom. The number of alkyl halides is 3. The van der Waals surface area contributed by atoms with E-state index in [4.69, 9.17) is 5.73 Å². The van der Waals surface area contributed by atoms with Gasteiger partial charge in [-0.2, -0.15) is 13.2 Å². The smallest absolute Gasteiger partial charge is 0.399 e. The van der Waals surface area contributed by atoms with Crippen molar-refractivity contribution in [2.45, 2.75) is 6.18 Å². The van der Waals surface area contributed by atoms with Crippen LogP contribution in [0.2, 0.25) is 0 Å². The quantitative estimate of drug-likeness (QED) is 0.391. The number of hydrogen-bond acceptors (Lipinski definition) is 3. The first-order valence-corrected chi connectivity index (χ1v) is 9.78. The summed E-state index contributed by atoms with van der Waals surface area (Å²) in [7, 11) is 1.58. The molecule has 0 atom stereocenters. The van der Waals surface area contributed by atoms with Gasteiger partial charge in [0.25, 0.3) is 0 Å². The topological polar surface area (TPSA) is 65.8 Å². The maximum atomic E-state index is 13.3. The summed E-state index contributed by atoms with van der Waals surface area (Å²) < 4.78 is 42.6. The number of aromatic nitrogens is 3. The number of halogens is 3. The molecule has 2 N–H and O–H groups in total. The summed E-state index contributed by atoms with van der Waals surface area (Å²) in [6, 6.07) is 17.7. The van der Waals surface area contributed by atoms with Crippen LogP contribution in [0.25, 0.3) is 38.8 Å². The monoisotopic (exact) mass is 434 g/mol. The first kappa shape index (κ1) is 19.9. The van der Waals surface area contributed by atoms with E-state index in [0.29, 0.717) is 27.6 Å². The maximum Gasteiger partial charge on any atom is 0.416 e. The molecule has 0 aliphatic carbocycles. The first-order chi connectivity index (χ1) is 15.2. The number of nitrogens with zero attached hydrogens (tertiary/aromatic N) is 3. The van der Waals surface area contributed by atoms with Gasteiger partial charge in [0.05, 0.1) is 34.0 Å². The highest BCUT2D eigenvalue weighted by Gasteiger charge is 2.31. The summed E-state index contributed by atoms with van der Waals surface area (Å²) in [5.41, 5.74) is 8.73. The number of fused-ring (bicyclic) bond motifs is 3. The van der Waals surface area contributed by atoms with Crippen molar-refractivity contribution in [3.8, 4) is 16.8 Å². The molecule has 160 valence electrons. The predicted molar refractivity (Wildman–Crippen MR) is 119 cm³/mol. The third-order valence-corrected chi connectivity index (χ3v) is 5.56. The lowest BCUT2D eigenvalue weighted by molar-refractivity contribution is -0.137. The van der Waals surface area contributed by atoms with Gasteiger partial charge >= 0.3 is 11.9 Å². The average Bonchev–Trinajstić information content (AvgIpc) is 3.04. The molecule has 2 heterocycles. The number of hydrogen-bond donors (Lipinski definition) is 1. The number of nitrogens with two attached hydrogens (primary N) is 1. The summed E-state index contributed by atoms with van der Waals surface area (Å²) in [6.07, 6.45) is -2.96. The van der Waals surface area contributed by atoms with Crippen molar-refractivity contribution >= 4 is 27.6 Å². The maximum absolute atomic E-state index is 13.3. The van der Waals surface area contributed by atoms with Gasteiger partial charge in [-0.05, 0) is 53.6 Å². The number of nitrogen functional groups attached to an aromatic ring is 1. The molecular formula is C24H17F3N4O. The van der Waals surface area contributed by atoms with E-state index in [-0.39, 0.29) is 5.69 Å². The van der Waals surface area contributed by atoms with Gasteiger partial charge in [-0.25, -0.2) is 4.79 Å². The Kier molecular flexibility index (Phi) is 4.33. The molecule has 0 spiro atoms. The van der Waals surface area contributed by atoms with Crippen LogP contribution < -0.4 is 11.4 Å². The normalized spacial score (nSPS) is 12.0. The van der Waals surface area contributed by atoms with Crippen molar-refractivity contribution in [3.63, 3.8) is 0 Å². The van der Waals surface area contributed by atoms with Crippen LogP contribution in [0.1, 0.15) is 5.56 Å². The summed E-state index contributed by atoms with van der Waals surface area (Å²) in [6.45, 7) is 0. The molecule has 3 aromatic carbocycles. The average molecular weight is 434 g/mol. The minimum atomic E-state index is -4.52. The fourth-order valence-electron chi connectivity index (χ4n) is 3.91. The second-order valence-corrected chi connectivity index (χ2v) is 7.57. The summed E-state index contributed by atoms with van der Waals surface area (Å²) in [5.74, 6) is 0. The van der Waals surface area contributed by atoms with Crippen LogP contribution >= 0.6 is 0 Å². The van der Waals surface area contributed by atoms with E-state index in [1.165, 1.54) is 21.3 Å². The molecule has 0 saturated carbocycles. The number of rotatable bonds is 2. The Hall–Kier alpha value is -4.07. The van der Waals surface area contributed by atoms with E-state index in [0.717, 1.165) is 23.3 Å². The van der Waals surface area contributed by atoms with Gasteiger partial charge in [0, 0.05) is 18.1 Å². The largest absolute Gasteiger partial charge is 0.416 e. The second kappa shape index (κ2) is 6.98. The van der Waals surface area contributed by atoms with Crippen molar-refractivity contribution in [2.24, 2.45) is 7.05 Å².